The van der Waals surface area contributed by atoms with Gasteiger partial charge in [0.1, 0.15) is 6.61 Å². The number of ether oxygens (including phenoxy) is 2. The Morgan fingerprint density at radius 1 is 1.14 bits per heavy atom. The zero-order chi connectivity index (χ0) is 27.1. The molecule has 9 nitrogen and oxygen atoms in total. The average Bonchev–Trinajstić information content (AvgIpc) is 2.83. The summed E-state index contributed by atoms with van der Waals surface area (Å²) < 4.78 is 38.9. The highest BCUT2D eigenvalue weighted by Gasteiger charge is 2.38. The van der Waals surface area contributed by atoms with Crippen molar-refractivity contribution in [3.63, 3.8) is 0 Å². The van der Waals surface area contributed by atoms with Gasteiger partial charge in [0.05, 0.1) is 35.7 Å². The highest BCUT2D eigenvalue weighted by atomic mass is 32.2. The van der Waals surface area contributed by atoms with E-state index in [0.717, 1.165) is 12.0 Å². The molecule has 4 N–H and O–H groups in total. The normalized spacial score (nSPS) is 16.7. The van der Waals surface area contributed by atoms with Gasteiger partial charge in [-0.15, -0.1) is 0 Å². The van der Waals surface area contributed by atoms with Crippen LogP contribution in [-0.4, -0.2) is 69.0 Å². The Hall–Kier alpha value is -2.66. The first-order chi connectivity index (χ1) is 17.5. The summed E-state index contributed by atoms with van der Waals surface area (Å²) in [6, 6.07) is 14.6. The smallest absolute Gasteiger partial charge is 0.407 e. The lowest BCUT2D eigenvalue weighted by atomic mass is 9.84. The zero-order valence-corrected chi connectivity index (χ0v) is 22.6. The van der Waals surface area contributed by atoms with E-state index in [2.05, 4.69) is 5.32 Å². The maximum absolute atomic E-state index is 13.5. The summed E-state index contributed by atoms with van der Waals surface area (Å²) in [6.45, 7) is 7.14. The van der Waals surface area contributed by atoms with E-state index >= 15 is 0 Å². The molecule has 1 heterocycles. The number of hydrogen-bond acceptors (Lipinski definition) is 7. The van der Waals surface area contributed by atoms with Gasteiger partial charge in [-0.2, -0.15) is 4.31 Å². The maximum atomic E-state index is 13.5. The number of alkyl carbamates (subject to hydrolysis) is 1. The number of anilines is 1. The molecule has 0 unspecified atom stereocenters. The second-order valence-corrected chi connectivity index (χ2v) is 12.2. The number of carbonyl (C=O) groups is 1. The Kier molecular flexibility index (Phi) is 9.94. The van der Waals surface area contributed by atoms with Crippen molar-refractivity contribution in [2.75, 3.05) is 38.6 Å². The van der Waals surface area contributed by atoms with Crippen molar-refractivity contribution in [1.29, 1.82) is 0 Å². The molecule has 0 saturated carbocycles. The molecule has 1 aliphatic heterocycles. The summed E-state index contributed by atoms with van der Waals surface area (Å²) in [4.78, 5) is 12.8. The quantitative estimate of drug-likeness (QED) is 0.337. The minimum atomic E-state index is -3.91. The Morgan fingerprint density at radius 2 is 1.78 bits per heavy atom. The summed E-state index contributed by atoms with van der Waals surface area (Å²) in [5.41, 5.74) is 6.90. The van der Waals surface area contributed by atoms with Gasteiger partial charge >= 0.3 is 6.09 Å². The first kappa shape index (κ1) is 28.9. The van der Waals surface area contributed by atoms with Gasteiger partial charge in [0, 0.05) is 18.8 Å². The molecule has 1 amide bonds. The van der Waals surface area contributed by atoms with E-state index in [1.807, 2.05) is 51.1 Å². The number of nitrogens with two attached hydrogens (primary N) is 1. The van der Waals surface area contributed by atoms with Gasteiger partial charge in [-0.05, 0) is 48.6 Å². The third kappa shape index (κ3) is 7.91. The van der Waals surface area contributed by atoms with E-state index in [0.29, 0.717) is 25.3 Å². The Bertz CT molecular complexity index is 1100. The number of amides is 1. The molecule has 1 fully saturated rings. The molecule has 0 spiro atoms. The highest BCUT2D eigenvalue weighted by Crippen LogP contribution is 2.31. The van der Waals surface area contributed by atoms with Gasteiger partial charge in [0.2, 0.25) is 10.0 Å². The molecule has 1 aliphatic rings. The fourth-order valence-corrected chi connectivity index (χ4v) is 5.77. The number of nitrogens with zero attached hydrogens (tertiary/aromatic N) is 1. The fraction of sp³-hybridized carbons (Fsp3) is 0.519. The van der Waals surface area contributed by atoms with Gasteiger partial charge in [-0.3, -0.25) is 0 Å². The van der Waals surface area contributed by atoms with Crippen LogP contribution in [0.1, 0.15) is 32.8 Å². The van der Waals surface area contributed by atoms with Crippen LogP contribution in [0, 0.1) is 11.3 Å². The van der Waals surface area contributed by atoms with Crippen molar-refractivity contribution in [3.05, 3.63) is 60.2 Å². The SMILES string of the molecule is CCC1(COC(=O)N[C@@H](Cc2ccccc2)[C@H](O)CN(CC(C)C)S(=O)(=O)c2ccc(N)cc2)COC1. The van der Waals surface area contributed by atoms with Crippen molar-refractivity contribution in [2.45, 2.75) is 50.7 Å². The summed E-state index contributed by atoms with van der Waals surface area (Å²) in [5, 5.41) is 14.0. The van der Waals surface area contributed by atoms with Crippen LogP contribution >= 0.6 is 0 Å². The maximum Gasteiger partial charge on any atom is 0.407 e. The molecule has 3 rings (SSSR count). The number of nitrogen functional groups attached to an aromatic ring is 1. The predicted molar refractivity (Wildman–Crippen MR) is 142 cm³/mol. The van der Waals surface area contributed by atoms with Crippen LogP contribution in [0.4, 0.5) is 10.5 Å². The van der Waals surface area contributed by atoms with Crippen LogP contribution in [0.25, 0.3) is 0 Å². The standard InChI is InChI=1S/C27H39N3O6S/c1-4-27(17-35-18-27)19-36-26(32)29-24(14-21-8-6-5-7-9-21)25(31)16-30(15-20(2)3)37(33,34)23-12-10-22(28)11-13-23/h5-13,20,24-25,31H,4,14-19,28H2,1-3H3,(H,29,32)/t24-,25+/m0/s1. The summed E-state index contributed by atoms with van der Waals surface area (Å²) in [5.74, 6) is 0.0104. The molecule has 0 radical (unpaired) electrons. The number of aliphatic hydroxyl groups is 1. The van der Waals surface area contributed by atoms with Gasteiger partial charge in [-0.1, -0.05) is 51.1 Å². The average molecular weight is 534 g/mol. The molecule has 0 bridgehead atoms. The number of nitrogens with one attached hydrogen (secondary N) is 1. The summed E-state index contributed by atoms with van der Waals surface area (Å²) in [6.07, 6.45) is -0.723. The van der Waals surface area contributed by atoms with Crippen molar-refractivity contribution in [1.82, 2.24) is 9.62 Å². The van der Waals surface area contributed by atoms with Gasteiger partial charge in [0.25, 0.3) is 0 Å². The Balaban J connectivity index is 1.78. The van der Waals surface area contributed by atoms with Crippen molar-refractivity contribution in [3.8, 4) is 0 Å². The first-order valence-corrected chi connectivity index (χ1v) is 14.1. The molecule has 10 heteroatoms. The van der Waals surface area contributed by atoms with Crippen LogP contribution in [0.15, 0.2) is 59.5 Å². The van der Waals surface area contributed by atoms with Crippen molar-refractivity contribution < 1.29 is 27.8 Å². The van der Waals surface area contributed by atoms with Crippen LogP contribution in [0.3, 0.4) is 0 Å². The highest BCUT2D eigenvalue weighted by molar-refractivity contribution is 7.89. The zero-order valence-electron chi connectivity index (χ0n) is 21.8. The second-order valence-electron chi connectivity index (χ2n) is 10.2. The number of rotatable bonds is 13. The molecule has 2 aromatic carbocycles. The van der Waals surface area contributed by atoms with E-state index < -0.39 is 28.3 Å². The lowest BCUT2D eigenvalue weighted by Gasteiger charge is -2.40. The number of carbonyl (C=O) groups excluding carboxylic acids is 1. The molecule has 2 aromatic rings. The molecular formula is C27H39N3O6S. The van der Waals surface area contributed by atoms with E-state index in [1.165, 1.54) is 28.6 Å². The number of aliphatic hydroxyl groups excluding tert-OH is 1. The molecule has 0 aromatic heterocycles. The minimum Gasteiger partial charge on any atom is -0.449 e. The van der Waals surface area contributed by atoms with Crippen molar-refractivity contribution >= 4 is 21.8 Å². The minimum absolute atomic E-state index is 0.0104. The fourth-order valence-electron chi connectivity index (χ4n) is 4.15. The monoisotopic (exact) mass is 533 g/mol. The molecule has 0 aliphatic carbocycles. The number of benzene rings is 2. The lowest BCUT2D eigenvalue weighted by molar-refractivity contribution is -0.139. The van der Waals surface area contributed by atoms with E-state index in [4.69, 9.17) is 15.2 Å². The Morgan fingerprint density at radius 3 is 2.32 bits per heavy atom. The Labute approximate surface area is 220 Å². The first-order valence-electron chi connectivity index (χ1n) is 12.6. The summed E-state index contributed by atoms with van der Waals surface area (Å²) >= 11 is 0. The largest absolute Gasteiger partial charge is 0.449 e. The van der Waals surface area contributed by atoms with Crippen molar-refractivity contribution in [2.24, 2.45) is 11.3 Å². The molecule has 204 valence electrons. The van der Waals surface area contributed by atoms with Crippen LogP contribution in [0.5, 0.6) is 0 Å². The third-order valence-corrected chi connectivity index (χ3v) is 8.47. The van der Waals surface area contributed by atoms with Gasteiger partial charge in [-0.25, -0.2) is 13.2 Å². The van der Waals surface area contributed by atoms with Crippen LogP contribution in [-0.2, 0) is 25.9 Å². The second kappa shape index (κ2) is 12.7. The van der Waals surface area contributed by atoms with Gasteiger partial charge in [0.15, 0.2) is 0 Å². The van der Waals surface area contributed by atoms with E-state index in [9.17, 15) is 18.3 Å². The van der Waals surface area contributed by atoms with E-state index in [1.54, 1.807) is 0 Å². The third-order valence-electron chi connectivity index (χ3n) is 6.62. The van der Waals surface area contributed by atoms with Crippen LogP contribution in [0.2, 0.25) is 0 Å². The van der Waals surface area contributed by atoms with E-state index in [-0.39, 0.29) is 35.9 Å². The predicted octanol–water partition coefficient (Wildman–Crippen LogP) is 3.04. The molecule has 37 heavy (non-hydrogen) atoms. The molecular weight excluding hydrogens is 494 g/mol. The van der Waals surface area contributed by atoms with Crippen LogP contribution < -0.4 is 11.1 Å². The summed E-state index contributed by atoms with van der Waals surface area (Å²) in [7, 11) is -3.91. The van der Waals surface area contributed by atoms with Gasteiger partial charge < -0.3 is 25.6 Å². The number of hydrogen-bond donors (Lipinski definition) is 3. The topological polar surface area (TPSA) is 131 Å². The number of sulfonamides is 1. The lowest BCUT2D eigenvalue weighted by Crippen LogP contribution is -2.52. The molecule has 2 atom stereocenters. The molecule has 1 saturated heterocycles.